The Morgan fingerprint density at radius 1 is 0.542 bits per heavy atom. The van der Waals surface area contributed by atoms with Crippen molar-refractivity contribution < 1.29 is 104 Å². The number of amides is 2. The molecule has 0 bridgehead atoms. The number of aliphatic hydroxyl groups excluding tert-OH is 11. The van der Waals surface area contributed by atoms with Crippen molar-refractivity contribution in [3.63, 3.8) is 0 Å². The lowest BCUT2D eigenvalue weighted by Gasteiger charge is -2.50. The number of carboxylic acid groups (broad SMARTS) is 1. The largest absolute Gasteiger partial charge is 0.477 e. The summed E-state index contributed by atoms with van der Waals surface area (Å²) in [7, 11) is 0. The fraction of sp³-hybridized carbons (Fsp3) is 0.932. The number of allylic oxidation sites excluding steroid dienone is 1. The predicted molar refractivity (Wildman–Crippen MR) is 366 cm³/mol. The van der Waals surface area contributed by atoms with E-state index in [0.717, 1.165) is 51.9 Å². The van der Waals surface area contributed by atoms with Gasteiger partial charge in [0.2, 0.25) is 11.8 Å². The maximum atomic E-state index is 13.5. The van der Waals surface area contributed by atoms with Crippen molar-refractivity contribution in [2.45, 2.75) is 407 Å². The molecule has 14 N–H and O–H groups in total. The number of hydrogen-bond acceptors (Lipinski definition) is 20. The summed E-state index contributed by atoms with van der Waals surface area (Å²) in [5.41, 5.74) is 0. The maximum Gasteiger partial charge on any atom is 0.364 e. The zero-order chi connectivity index (χ0) is 70.4. The summed E-state index contributed by atoms with van der Waals surface area (Å²) >= 11 is 0. The van der Waals surface area contributed by atoms with E-state index < -0.39 is 155 Å². The van der Waals surface area contributed by atoms with E-state index in [1.54, 1.807) is 6.08 Å². The molecule has 96 heavy (non-hydrogen) atoms. The third-order valence-corrected chi connectivity index (χ3v) is 19.5. The number of carbonyl (C=O) groups is 3. The van der Waals surface area contributed by atoms with Crippen LogP contribution in [0.15, 0.2) is 12.2 Å². The van der Waals surface area contributed by atoms with Gasteiger partial charge in [-0.3, -0.25) is 9.59 Å². The van der Waals surface area contributed by atoms with E-state index in [0.29, 0.717) is 12.8 Å². The number of carboxylic acids is 1. The number of ether oxygens (including phenoxy) is 6. The first kappa shape index (κ1) is 87.7. The standard InChI is InChI=1S/C73H136N2O21/c1-4-6-8-10-12-14-16-18-20-21-22-23-24-25-26-27-28-29-30-31-33-35-37-39-41-43-45-47-60(83)75-54(55(80)46-44-42-40-38-36-34-32-19-17-15-13-11-9-7-5-2)52-91-70-65(87)64(86)67(59(51-78)93-70)94-71-66(88)69(63(85)58(50-77)92-71)96-73(72(89)90)48-56(81)61(74-53(3)79)68(95-73)62(84)57(82)49-76/h44,46,54-59,61-71,76-78,80-82,84-88H,4-43,45,47-52H2,1-3H3,(H,74,79)(H,75,83)(H,89,90)/b46-44+. The molecule has 564 valence electrons. The van der Waals surface area contributed by atoms with Gasteiger partial charge in [0.05, 0.1) is 50.7 Å². The van der Waals surface area contributed by atoms with Crippen LogP contribution in [-0.4, -0.2) is 215 Å². The Morgan fingerprint density at radius 3 is 1.39 bits per heavy atom. The number of aliphatic hydroxyl groups is 11. The molecule has 3 heterocycles. The Labute approximate surface area is 575 Å². The molecule has 23 heteroatoms. The summed E-state index contributed by atoms with van der Waals surface area (Å²) < 4.78 is 34.8. The molecule has 18 atom stereocenters. The van der Waals surface area contributed by atoms with E-state index in [1.807, 2.05) is 6.08 Å². The zero-order valence-corrected chi connectivity index (χ0v) is 59.2. The molecule has 18 unspecified atom stereocenters. The molecular weight excluding hydrogens is 1240 g/mol. The highest BCUT2D eigenvalue weighted by Gasteiger charge is 2.60. The fourth-order valence-electron chi connectivity index (χ4n) is 13.4. The molecule has 0 aliphatic carbocycles. The van der Waals surface area contributed by atoms with Gasteiger partial charge in [0.25, 0.3) is 5.79 Å². The molecule has 3 saturated heterocycles. The molecule has 3 aliphatic rings. The predicted octanol–water partition coefficient (Wildman–Crippen LogP) is 8.63. The van der Waals surface area contributed by atoms with Gasteiger partial charge in [-0.25, -0.2) is 4.79 Å². The van der Waals surface area contributed by atoms with Gasteiger partial charge in [0.15, 0.2) is 12.6 Å². The van der Waals surface area contributed by atoms with Gasteiger partial charge < -0.3 is 100 Å². The first-order chi connectivity index (χ1) is 46.4. The van der Waals surface area contributed by atoms with Crippen LogP contribution in [0.5, 0.6) is 0 Å². The van der Waals surface area contributed by atoms with Gasteiger partial charge >= 0.3 is 5.97 Å². The van der Waals surface area contributed by atoms with Crippen molar-refractivity contribution in [2.75, 3.05) is 26.4 Å². The third-order valence-electron chi connectivity index (χ3n) is 19.5. The fourth-order valence-corrected chi connectivity index (χ4v) is 13.4. The average molecular weight is 1380 g/mol. The molecule has 3 fully saturated rings. The summed E-state index contributed by atoms with van der Waals surface area (Å²) in [4.78, 5) is 38.6. The van der Waals surface area contributed by atoms with Crippen molar-refractivity contribution in [2.24, 2.45) is 0 Å². The van der Waals surface area contributed by atoms with Crippen LogP contribution in [0.25, 0.3) is 0 Å². The van der Waals surface area contributed by atoms with Crippen LogP contribution in [-0.2, 0) is 42.8 Å². The Hall–Kier alpha value is -2.53. The summed E-state index contributed by atoms with van der Waals surface area (Å²) in [5, 5.41) is 136. The molecule has 2 amide bonds. The molecule has 0 spiro atoms. The van der Waals surface area contributed by atoms with E-state index >= 15 is 0 Å². The topological polar surface area (TPSA) is 373 Å². The van der Waals surface area contributed by atoms with E-state index in [-0.39, 0.29) is 12.3 Å². The van der Waals surface area contributed by atoms with E-state index in [9.17, 15) is 75.7 Å². The summed E-state index contributed by atoms with van der Waals surface area (Å²) in [6.45, 7) is 2.17. The van der Waals surface area contributed by atoms with Crippen LogP contribution in [0.2, 0.25) is 0 Å². The minimum absolute atomic E-state index is 0.205. The van der Waals surface area contributed by atoms with Gasteiger partial charge in [0, 0.05) is 19.8 Å². The number of aliphatic carboxylic acids is 1. The Bertz CT molecular complexity index is 1980. The van der Waals surface area contributed by atoms with Gasteiger partial charge in [-0.2, -0.15) is 0 Å². The lowest BCUT2D eigenvalue weighted by atomic mass is 9.88. The van der Waals surface area contributed by atoms with Crippen LogP contribution in [0.4, 0.5) is 0 Å². The highest BCUT2D eigenvalue weighted by atomic mass is 16.8. The minimum atomic E-state index is -3.08. The molecule has 0 aromatic rings. The van der Waals surface area contributed by atoms with Gasteiger partial charge in [-0.1, -0.05) is 270 Å². The minimum Gasteiger partial charge on any atom is -0.477 e. The monoisotopic (exact) mass is 1380 g/mol. The van der Waals surface area contributed by atoms with E-state index in [4.69, 9.17) is 28.4 Å². The molecule has 0 saturated carbocycles. The molecule has 0 aromatic carbocycles. The first-order valence-corrected chi connectivity index (χ1v) is 38.1. The summed E-state index contributed by atoms with van der Waals surface area (Å²) in [6.07, 6.45) is 25.5. The number of hydrogen-bond donors (Lipinski definition) is 14. The highest BCUT2D eigenvalue weighted by molar-refractivity contribution is 5.77. The van der Waals surface area contributed by atoms with E-state index in [1.165, 1.54) is 205 Å². The van der Waals surface area contributed by atoms with Gasteiger partial charge in [-0.15, -0.1) is 0 Å². The maximum absolute atomic E-state index is 13.5. The molecular formula is C73H136N2O21. The number of rotatable bonds is 59. The zero-order valence-electron chi connectivity index (χ0n) is 59.2. The Morgan fingerprint density at radius 2 is 0.969 bits per heavy atom. The Balaban J connectivity index is 1.52. The number of unbranched alkanes of at least 4 members (excludes halogenated alkanes) is 39. The van der Waals surface area contributed by atoms with Gasteiger partial charge in [-0.05, 0) is 19.3 Å². The van der Waals surface area contributed by atoms with Crippen LogP contribution >= 0.6 is 0 Å². The Kier molecular flexibility index (Phi) is 48.7. The van der Waals surface area contributed by atoms with Crippen molar-refractivity contribution in [3.05, 3.63) is 12.2 Å². The normalized spacial score (nSPS) is 27.6. The highest BCUT2D eigenvalue weighted by Crippen LogP contribution is 2.39. The third kappa shape index (κ3) is 34.4. The van der Waals surface area contributed by atoms with Crippen molar-refractivity contribution in [1.29, 1.82) is 0 Å². The van der Waals surface area contributed by atoms with Gasteiger partial charge in [0.1, 0.15) is 67.1 Å². The molecule has 3 rings (SSSR count). The second-order valence-corrected chi connectivity index (χ2v) is 27.9. The van der Waals surface area contributed by atoms with E-state index in [2.05, 4.69) is 24.5 Å². The molecule has 3 aliphatic heterocycles. The van der Waals surface area contributed by atoms with Crippen LogP contribution in [0, 0.1) is 0 Å². The molecule has 0 aromatic heterocycles. The molecule has 0 radical (unpaired) electrons. The first-order valence-electron chi connectivity index (χ1n) is 38.1. The van der Waals surface area contributed by atoms with Crippen molar-refractivity contribution >= 4 is 17.8 Å². The van der Waals surface area contributed by atoms with Crippen molar-refractivity contribution in [3.8, 4) is 0 Å². The summed E-state index contributed by atoms with van der Waals surface area (Å²) in [6, 6.07) is -2.61. The van der Waals surface area contributed by atoms with Crippen LogP contribution in [0.3, 0.4) is 0 Å². The second kappa shape index (κ2) is 53.3. The number of carbonyl (C=O) groups excluding carboxylic acids is 2. The van der Waals surface area contributed by atoms with Crippen LogP contribution < -0.4 is 10.6 Å². The van der Waals surface area contributed by atoms with Crippen LogP contribution in [0.1, 0.15) is 297 Å². The second-order valence-electron chi connectivity index (χ2n) is 27.9. The smallest absolute Gasteiger partial charge is 0.364 e. The quantitative estimate of drug-likeness (QED) is 0.0200. The summed E-state index contributed by atoms with van der Waals surface area (Å²) in [5.74, 6) is -6.13. The average Bonchev–Trinajstić information content (AvgIpc) is 0.759. The van der Waals surface area contributed by atoms with Crippen molar-refractivity contribution in [1.82, 2.24) is 10.6 Å². The molecule has 23 nitrogen and oxygen atoms in total. The lowest BCUT2D eigenvalue weighted by molar-refractivity contribution is -0.386. The number of nitrogens with one attached hydrogen (secondary N) is 2. The lowest BCUT2D eigenvalue weighted by Crippen LogP contribution is -2.70. The SMILES string of the molecule is CCCCCCCCCCCCCCC/C=C/C(O)C(COC1OC(CO)C(OC2OC(CO)C(O)C(OC3(C(=O)O)CC(O)C(NC(C)=O)C(C(O)C(O)CO)O3)C2O)C(O)C1O)NC(=O)CCCCCCCCCCCCCCCCCCCCCCCCCCCCC.